The monoisotopic (exact) mass is 217 g/mol. The van der Waals surface area contributed by atoms with Crippen molar-refractivity contribution in [2.24, 2.45) is 5.73 Å². The molecule has 0 aromatic heterocycles. The van der Waals surface area contributed by atoms with Crippen molar-refractivity contribution >= 4 is 0 Å². The van der Waals surface area contributed by atoms with Gasteiger partial charge in [0.15, 0.2) is 0 Å². The van der Waals surface area contributed by atoms with E-state index >= 15 is 0 Å². The molecule has 1 rings (SSSR count). The van der Waals surface area contributed by atoms with Gasteiger partial charge in [-0.25, -0.2) is 8.78 Å². The molecule has 0 aliphatic heterocycles. The number of hydrogen-bond acceptors (Lipinski definition) is 3. The predicted octanol–water partition coefficient (Wildman–Crippen LogP) is 0.977. The van der Waals surface area contributed by atoms with Crippen molar-refractivity contribution in [1.29, 1.82) is 0 Å². The molecule has 4 N–H and O–H groups in total. The molecule has 0 aliphatic rings. The summed E-state index contributed by atoms with van der Waals surface area (Å²) in [5, 5.41) is 18.3. The van der Waals surface area contributed by atoms with Gasteiger partial charge in [-0.2, -0.15) is 0 Å². The van der Waals surface area contributed by atoms with Gasteiger partial charge in [0.25, 0.3) is 6.43 Å². The molecule has 1 aromatic carbocycles. The minimum atomic E-state index is -2.53. The lowest BCUT2D eigenvalue weighted by Gasteiger charge is -2.16. The van der Waals surface area contributed by atoms with E-state index in [2.05, 4.69) is 0 Å². The number of alkyl halides is 2. The Balaban J connectivity index is 2.79. The highest BCUT2D eigenvalue weighted by molar-refractivity contribution is 5.25. The van der Waals surface area contributed by atoms with E-state index < -0.39 is 18.6 Å². The number of rotatable bonds is 4. The van der Waals surface area contributed by atoms with Gasteiger partial charge < -0.3 is 15.9 Å². The highest BCUT2D eigenvalue weighted by Crippen LogP contribution is 2.22. The number of nitrogens with two attached hydrogens (primary N) is 1. The Bertz CT molecular complexity index is 303. The third kappa shape index (κ3) is 2.95. The van der Waals surface area contributed by atoms with Crippen molar-refractivity contribution in [1.82, 2.24) is 0 Å². The molecular formula is C10H13F2NO2. The molecule has 84 valence electrons. The molecule has 0 saturated heterocycles. The van der Waals surface area contributed by atoms with Crippen LogP contribution in [0.4, 0.5) is 8.78 Å². The highest BCUT2D eigenvalue weighted by Gasteiger charge is 2.16. The molecule has 0 amide bonds. The third-order valence-electron chi connectivity index (χ3n) is 2.15. The Morgan fingerprint density at radius 3 is 2.00 bits per heavy atom. The number of benzene rings is 1. The third-order valence-corrected chi connectivity index (χ3v) is 2.15. The smallest absolute Gasteiger partial charge is 0.263 e. The quantitative estimate of drug-likeness (QED) is 0.704. The lowest BCUT2D eigenvalue weighted by molar-refractivity contribution is 0.109. The molecule has 0 saturated carbocycles. The van der Waals surface area contributed by atoms with Gasteiger partial charge in [-0.05, 0) is 5.56 Å². The summed E-state index contributed by atoms with van der Waals surface area (Å²) in [5.74, 6) is 0. The Hall–Kier alpha value is -1.04. The summed E-state index contributed by atoms with van der Waals surface area (Å²) in [5.41, 5.74) is 5.71. The zero-order valence-electron chi connectivity index (χ0n) is 7.98. The molecule has 3 nitrogen and oxygen atoms in total. The van der Waals surface area contributed by atoms with Crippen molar-refractivity contribution in [3.8, 4) is 0 Å². The van der Waals surface area contributed by atoms with Crippen molar-refractivity contribution < 1.29 is 19.0 Å². The minimum absolute atomic E-state index is 0.108. The van der Waals surface area contributed by atoms with Crippen molar-refractivity contribution in [2.45, 2.75) is 18.6 Å². The van der Waals surface area contributed by atoms with E-state index in [4.69, 9.17) is 10.8 Å². The molecule has 0 spiro atoms. The zero-order valence-corrected chi connectivity index (χ0v) is 7.98. The second-order valence-corrected chi connectivity index (χ2v) is 3.26. The number of hydrogen-bond donors (Lipinski definition) is 3. The van der Waals surface area contributed by atoms with Crippen LogP contribution in [0.5, 0.6) is 0 Å². The SMILES string of the molecule is NC(CO)C(O)c1ccc(C(F)F)cc1. The summed E-state index contributed by atoms with van der Waals surface area (Å²) in [6.07, 6.45) is -3.57. The summed E-state index contributed by atoms with van der Waals surface area (Å²) >= 11 is 0. The number of aliphatic hydroxyl groups excluding tert-OH is 2. The Morgan fingerprint density at radius 1 is 1.13 bits per heavy atom. The van der Waals surface area contributed by atoms with E-state index in [1.54, 1.807) is 0 Å². The molecule has 0 aliphatic carbocycles. The van der Waals surface area contributed by atoms with Crippen LogP contribution in [-0.2, 0) is 0 Å². The topological polar surface area (TPSA) is 66.5 Å². The largest absolute Gasteiger partial charge is 0.395 e. The first-order valence-corrected chi connectivity index (χ1v) is 4.48. The van der Waals surface area contributed by atoms with Crippen LogP contribution < -0.4 is 5.73 Å². The predicted molar refractivity (Wildman–Crippen MR) is 51.4 cm³/mol. The number of halogens is 2. The van der Waals surface area contributed by atoms with Crippen LogP contribution in [0.15, 0.2) is 24.3 Å². The summed E-state index contributed by atoms with van der Waals surface area (Å²) in [7, 11) is 0. The first-order chi connectivity index (χ1) is 7.06. The lowest BCUT2D eigenvalue weighted by Crippen LogP contribution is -2.31. The summed E-state index contributed by atoms with van der Waals surface area (Å²) in [6.45, 7) is -0.363. The van der Waals surface area contributed by atoms with E-state index in [9.17, 15) is 13.9 Å². The van der Waals surface area contributed by atoms with Crippen molar-refractivity contribution in [2.75, 3.05) is 6.61 Å². The Kier molecular flexibility index (Phi) is 4.14. The summed E-state index contributed by atoms with van der Waals surface area (Å²) in [6, 6.07) is 4.41. The first-order valence-electron chi connectivity index (χ1n) is 4.48. The normalized spacial score (nSPS) is 15.3. The van der Waals surface area contributed by atoms with Gasteiger partial charge in [0.1, 0.15) is 0 Å². The van der Waals surface area contributed by atoms with Crippen LogP contribution >= 0.6 is 0 Å². The molecule has 0 bridgehead atoms. The van der Waals surface area contributed by atoms with Gasteiger partial charge in [0.2, 0.25) is 0 Å². The van der Waals surface area contributed by atoms with E-state index in [1.165, 1.54) is 24.3 Å². The highest BCUT2D eigenvalue weighted by atomic mass is 19.3. The fourth-order valence-corrected chi connectivity index (χ4v) is 1.19. The fourth-order valence-electron chi connectivity index (χ4n) is 1.19. The second kappa shape index (κ2) is 5.16. The van der Waals surface area contributed by atoms with Crippen LogP contribution in [0, 0.1) is 0 Å². The zero-order chi connectivity index (χ0) is 11.4. The first kappa shape index (κ1) is 12.0. The van der Waals surface area contributed by atoms with E-state index in [1.807, 2.05) is 0 Å². The standard InChI is InChI=1S/C10H13F2NO2/c11-10(12)7-3-1-6(2-4-7)9(15)8(13)5-14/h1-4,8-10,14-15H,5,13H2. The average molecular weight is 217 g/mol. The van der Waals surface area contributed by atoms with Gasteiger partial charge >= 0.3 is 0 Å². The maximum Gasteiger partial charge on any atom is 0.263 e. The summed E-state index contributed by atoms with van der Waals surface area (Å²) < 4.78 is 24.4. The maximum atomic E-state index is 12.2. The average Bonchev–Trinajstić information content (AvgIpc) is 2.27. The molecule has 2 unspecified atom stereocenters. The van der Waals surface area contributed by atoms with Gasteiger partial charge in [-0.3, -0.25) is 0 Å². The van der Waals surface area contributed by atoms with Crippen LogP contribution in [0.25, 0.3) is 0 Å². The van der Waals surface area contributed by atoms with Crippen molar-refractivity contribution in [3.63, 3.8) is 0 Å². The second-order valence-electron chi connectivity index (χ2n) is 3.26. The molecule has 0 heterocycles. The molecule has 1 aromatic rings. The number of aliphatic hydroxyl groups is 2. The van der Waals surface area contributed by atoms with Crippen LogP contribution in [-0.4, -0.2) is 22.9 Å². The van der Waals surface area contributed by atoms with E-state index in [-0.39, 0.29) is 12.2 Å². The van der Waals surface area contributed by atoms with Crippen molar-refractivity contribution in [3.05, 3.63) is 35.4 Å². The minimum Gasteiger partial charge on any atom is -0.395 e. The molecule has 5 heteroatoms. The van der Waals surface area contributed by atoms with Gasteiger partial charge in [-0.15, -0.1) is 0 Å². The lowest BCUT2D eigenvalue weighted by atomic mass is 10.0. The van der Waals surface area contributed by atoms with Gasteiger partial charge in [0.05, 0.1) is 18.8 Å². The molecular weight excluding hydrogens is 204 g/mol. The summed E-state index contributed by atoms with van der Waals surface area (Å²) in [4.78, 5) is 0. The van der Waals surface area contributed by atoms with Crippen LogP contribution in [0.2, 0.25) is 0 Å². The van der Waals surface area contributed by atoms with E-state index in [0.717, 1.165) is 0 Å². The molecule has 0 radical (unpaired) electrons. The van der Waals surface area contributed by atoms with E-state index in [0.29, 0.717) is 5.56 Å². The van der Waals surface area contributed by atoms with Crippen LogP contribution in [0.3, 0.4) is 0 Å². The molecule has 0 fully saturated rings. The fraction of sp³-hybridized carbons (Fsp3) is 0.400. The molecule has 2 atom stereocenters. The maximum absolute atomic E-state index is 12.2. The Morgan fingerprint density at radius 2 is 1.60 bits per heavy atom. The van der Waals surface area contributed by atoms with Gasteiger partial charge in [0, 0.05) is 5.56 Å². The molecule has 15 heavy (non-hydrogen) atoms. The Labute approximate surface area is 86.2 Å². The van der Waals surface area contributed by atoms with Crippen LogP contribution in [0.1, 0.15) is 23.7 Å². The van der Waals surface area contributed by atoms with Gasteiger partial charge in [-0.1, -0.05) is 24.3 Å².